The number of hydrogen-bond donors (Lipinski definition) is 1. The number of rotatable bonds is 4. The molecule has 0 saturated heterocycles. The van der Waals surface area contributed by atoms with E-state index in [2.05, 4.69) is 60.4 Å². The molecular formula is C19H33NO. The molecule has 0 unspecified atom stereocenters. The van der Waals surface area contributed by atoms with Crippen LogP contribution < -0.4 is 10.1 Å². The fourth-order valence-electron chi connectivity index (χ4n) is 2.12. The summed E-state index contributed by atoms with van der Waals surface area (Å²) < 4.78 is 5.51. The van der Waals surface area contributed by atoms with Crippen molar-refractivity contribution in [3.8, 4) is 5.75 Å². The molecule has 0 aliphatic rings. The average Bonchev–Trinajstić information content (AvgIpc) is 2.33. The minimum atomic E-state index is 0.234. The summed E-state index contributed by atoms with van der Waals surface area (Å²) in [6.45, 7) is 19.7. The van der Waals surface area contributed by atoms with Crippen molar-refractivity contribution in [3.05, 3.63) is 36.4 Å². The van der Waals surface area contributed by atoms with E-state index in [1.807, 2.05) is 30.3 Å². The van der Waals surface area contributed by atoms with Crippen molar-refractivity contribution in [2.75, 3.05) is 6.61 Å². The molecule has 1 aromatic rings. The maximum Gasteiger partial charge on any atom is 0.126 e. The number of nitrogens with one attached hydrogen (secondary N) is 1. The highest BCUT2D eigenvalue weighted by Crippen LogP contribution is 2.18. The van der Waals surface area contributed by atoms with Crippen molar-refractivity contribution in [1.29, 1.82) is 0 Å². The van der Waals surface area contributed by atoms with Gasteiger partial charge in [0.2, 0.25) is 0 Å². The summed E-state index contributed by atoms with van der Waals surface area (Å²) in [5, 5.41) is 3.46. The normalized spacial score (nSPS) is 11.4. The van der Waals surface area contributed by atoms with E-state index in [9.17, 15) is 0 Å². The molecule has 0 heterocycles. The van der Waals surface area contributed by atoms with Gasteiger partial charge in [0.15, 0.2) is 0 Å². The molecule has 1 N–H and O–H groups in total. The van der Waals surface area contributed by atoms with Crippen molar-refractivity contribution in [2.45, 2.75) is 66.0 Å². The molecule has 2 nitrogen and oxygen atoms in total. The van der Waals surface area contributed by atoms with E-state index in [-0.39, 0.29) is 11.1 Å². The zero-order valence-electron chi connectivity index (χ0n) is 14.9. The van der Waals surface area contributed by atoms with E-state index < -0.39 is 0 Å². The summed E-state index contributed by atoms with van der Waals surface area (Å²) in [5.41, 5.74) is 1.53. The van der Waals surface area contributed by atoms with Crippen LogP contribution in [-0.4, -0.2) is 17.7 Å². The van der Waals surface area contributed by atoms with Crippen LogP contribution in [0.1, 0.15) is 60.5 Å². The fraction of sp³-hybridized carbons (Fsp3) is 0.579. The van der Waals surface area contributed by atoms with E-state index in [4.69, 9.17) is 4.74 Å². The standard InChI is InChI=1S/C11H14O.C8H19N/c1-3-9-12-11-8-6-5-7-10(11)4-2;1-7(2,3)9-8(4,5)6/h4-8H,2-3,9H2,1H3;9H,1-6H3. The minimum absolute atomic E-state index is 0.234. The Morgan fingerprint density at radius 3 is 1.95 bits per heavy atom. The Morgan fingerprint density at radius 2 is 1.57 bits per heavy atom. The maximum absolute atomic E-state index is 5.51. The van der Waals surface area contributed by atoms with Crippen molar-refractivity contribution >= 4 is 6.08 Å². The summed E-state index contributed by atoms with van der Waals surface area (Å²) in [6.07, 6.45) is 2.84. The van der Waals surface area contributed by atoms with Crippen LogP contribution >= 0.6 is 0 Å². The predicted molar refractivity (Wildman–Crippen MR) is 95.0 cm³/mol. The topological polar surface area (TPSA) is 21.3 Å². The Balaban J connectivity index is 0.000000400. The summed E-state index contributed by atoms with van der Waals surface area (Å²) in [4.78, 5) is 0. The molecule has 0 saturated carbocycles. The molecule has 0 amide bonds. The van der Waals surface area contributed by atoms with Gasteiger partial charge >= 0.3 is 0 Å². The van der Waals surface area contributed by atoms with Gasteiger partial charge in [0.05, 0.1) is 6.61 Å². The number of para-hydroxylation sites is 1. The van der Waals surface area contributed by atoms with E-state index in [0.717, 1.165) is 24.3 Å². The number of benzene rings is 1. The first-order valence-electron chi connectivity index (χ1n) is 7.72. The van der Waals surface area contributed by atoms with Gasteiger partial charge in [0, 0.05) is 16.6 Å². The monoisotopic (exact) mass is 291 g/mol. The average molecular weight is 291 g/mol. The zero-order valence-corrected chi connectivity index (χ0v) is 14.9. The van der Waals surface area contributed by atoms with Gasteiger partial charge in [-0.1, -0.05) is 37.8 Å². The first-order valence-corrected chi connectivity index (χ1v) is 7.72. The second-order valence-electron chi connectivity index (χ2n) is 7.22. The first-order chi connectivity index (χ1) is 9.59. The number of hydrogen-bond acceptors (Lipinski definition) is 2. The van der Waals surface area contributed by atoms with Crippen LogP contribution in [0.4, 0.5) is 0 Å². The van der Waals surface area contributed by atoms with Crippen LogP contribution in [0.5, 0.6) is 5.75 Å². The molecule has 0 spiro atoms. The predicted octanol–water partition coefficient (Wildman–Crippen LogP) is 5.29. The third-order valence-corrected chi connectivity index (χ3v) is 2.35. The van der Waals surface area contributed by atoms with E-state index in [1.54, 1.807) is 0 Å². The van der Waals surface area contributed by atoms with Gasteiger partial charge in [-0.15, -0.1) is 0 Å². The molecule has 1 aromatic carbocycles. The van der Waals surface area contributed by atoms with E-state index in [0.29, 0.717) is 0 Å². The van der Waals surface area contributed by atoms with Gasteiger partial charge in [-0.3, -0.25) is 0 Å². The highest BCUT2D eigenvalue weighted by molar-refractivity contribution is 5.55. The Labute approximate surface area is 131 Å². The van der Waals surface area contributed by atoms with Crippen LogP contribution in [0.25, 0.3) is 6.08 Å². The van der Waals surface area contributed by atoms with Crippen LogP contribution in [0.15, 0.2) is 30.8 Å². The molecule has 120 valence electrons. The Bertz CT molecular complexity index is 398. The smallest absolute Gasteiger partial charge is 0.126 e. The molecule has 0 radical (unpaired) electrons. The zero-order chi connectivity index (χ0) is 16.5. The van der Waals surface area contributed by atoms with Crippen LogP contribution in [0.2, 0.25) is 0 Å². The lowest BCUT2D eigenvalue weighted by Crippen LogP contribution is -2.48. The second kappa shape index (κ2) is 8.89. The second-order valence-corrected chi connectivity index (χ2v) is 7.22. The van der Waals surface area contributed by atoms with Crippen LogP contribution in [-0.2, 0) is 0 Å². The Kier molecular flexibility index (Phi) is 8.34. The molecule has 21 heavy (non-hydrogen) atoms. The van der Waals surface area contributed by atoms with Crippen molar-refractivity contribution in [1.82, 2.24) is 5.32 Å². The van der Waals surface area contributed by atoms with Crippen LogP contribution in [0.3, 0.4) is 0 Å². The molecule has 2 heteroatoms. The fourth-order valence-corrected chi connectivity index (χ4v) is 2.12. The summed E-state index contributed by atoms with van der Waals surface area (Å²) in [7, 11) is 0. The maximum atomic E-state index is 5.51. The SMILES string of the molecule is C=Cc1ccccc1OCCC.CC(C)(C)NC(C)(C)C. The third kappa shape index (κ3) is 11.1. The largest absolute Gasteiger partial charge is 0.493 e. The van der Waals surface area contributed by atoms with Gasteiger partial charge in [-0.05, 0) is 54.0 Å². The molecule has 1 rings (SSSR count). The molecular weight excluding hydrogens is 258 g/mol. The van der Waals surface area contributed by atoms with Gasteiger partial charge in [0.25, 0.3) is 0 Å². The summed E-state index contributed by atoms with van der Waals surface area (Å²) >= 11 is 0. The van der Waals surface area contributed by atoms with E-state index in [1.165, 1.54) is 0 Å². The van der Waals surface area contributed by atoms with E-state index >= 15 is 0 Å². The lowest BCUT2D eigenvalue weighted by atomic mass is 10.0. The number of ether oxygens (including phenoxy) is 1. The molecule has 0 aliphatic carbocycles. The summed E-state index contributed by atoms with van der Waals surface area (Å²) in [5.74, 6) is 0.925. The van der Waals surface area contributed by atoms with Crippen LogP contribution in [0, 0.1) is 0 Å². The lowest BCUT2D eigenvalue weighted by Gasteiger charge is -2.31. The van der Waals surface area contributed by atoms with Gasteiger partial charge in [-0.25, -0.2) is 0 Å². The van der Waals surface area contributed by atoms with Gasteiger partial charge < -0.3 is 10.1 Å². The Morgan fingerprint density at radius 1 is 1.05 bits per heavy atom. The lowest BCUT2D eigenvalue weighted by molar-refractivity contribution is 0.303. The molecule has 0 aliphatic heterocycles. The molecule has 0 fully saturated rings. The molecule has 0 bridgehead atoms. The van der Waals surface area contributed by atoms with Crippen molar-refractivity contribution in [2.24, 2.45) is 0 Å². The minimum Gasteiger partial charge on any atom is -0.493 e. The third-order valence-electron chi connectivity index (χ3n) is 2.35. The quantitative estimate of drug-likeness (QED) is 0.813. The first kappa shape index (κ1) is 19.7. The summed E-state index contributed by atoms with van der Waals surface area (Å²) in [6, 6.07) is 7.92. The molecule has 0 atom stereocenters. The van der Waals surface area contributed by atoms with Gasteiger partial charge in [-0.2, -0.15) is 0 Å². The Hall–Kier alpha value is -1.28. The van der Waals surface area contributed by atoms with Crippen molar-refractivity contribution in [3.63, 3.8) is 0 Å². The molecule has 0 aromatic heterocycles. The highest BCUT2D eigenvalue weighted by Gasteiger charge is 2.18. The van der Waals surface area contributed by atoms with Crippen molar-refractivity contribution < 1.29 is 4.74 Å². The highest BCUT2D eigenvalue weighted by atomic mass is 16.5. The van der Waals surface area contributed by atoms with Gasteiger partial charge in [0.1, 0.15) is 5.75 Å².